The Kier molecular flexibility index (Phi) is 3.36. The SMILES string of the molecule is C=C(N=C(C)CC)C(C)(F)F. The fourth-order valence-electron chi connectivity index (χ4n) is 0.408. The van der Waals surface area contributed by atoms with Crippen LogP contribution in [0.3, 0.4) is 0 Å². The first-order valence-electron chi connectivity index (χ1n) is 3.49. The topological polar surface area (TPSA) is 12.4 Å². The van der Waals surface area contributed by atoms with Crippen LogP contribution in [0.5, 0.6) is 0 Å². The van der Waals surface area contributed by atoms with Crippen molar-refractivity contribution >= 4 is 5.71 Å². The lowest BCUT2D eigenvalue weighted by atomic mass is 10.3. The van der Waals surface area contributed by atoms with Gasteiger partial charge in [0.1, 0.15) is 5.70 Å². The van der Waals surface area contributed by atoms with Crippen LogP contribution in [0.1, 0.15) is 27.2 Å². The first kappa shape index (κ1) is 10.3. The molecule has 0 fully saturated rings. The van der Waals surface area contributed by atoms with Crippen molar-refractivity contribution in [2.75, 3.05) is 0 Å². The molecule has 0 aromatic heterocycles. The van der Waals surface area contributed by atoms with Crippen molar-refractivity contribution < 1.29 is 8.78 Å². The highest BCUT2D eigenvalue weighted by Crippen LogP contribution is 2.22. The fourth-order valence-corrected chi connectivity index (χ4v) is 0.408. The molecule has 0 saturated heterocycles. The summed E-state index contributed by atoms with van der Waals surface area (Å²) in [7, 11) is 0. The number of alkyl halides is 2. The quantitative estimate of drug-likeness (QED) is 0.564. The Hall–Kier alpha value is -0.730. The summed E-state index contributed by atoms with van der Waals surface area (Å²) in [6.45, 7) is 7.54. The second kappa shape index (κ2) is 3.60. The van der Waals surface area contributed by atoms with Crippen LogP contribution in [0.4, 0.5) is 8.78 Å². The summed E-state index contributed by atoms with van der Waals surface area (Å²) < 4.78 is 24.8. The molecule has 0 atom stereocenters. The zero-order chi connectivity index (χ0) is 9.07. The predicted octanol–water partition coefficient (Wildman–Crippen LogP) is 3.03. The molecule has 0 aromatic rings. The van der Waals surface area contributed by atoms with E-state index in [-0.39, 0.29) is 5.70 Å². The van der Waals surface area contributed by atoms with Gasteiger partial charge in [-0.15, -0.1) is 0 Å². The van der Waals surface area contributed by atoms with Gasteiger partial charge in [-0.05, 0) is 13.3 Å². The number of nitrogens with zero attached hydrogens (tertiary/aromatic N) is 1. The maximum Gasteiger partial charge on any atom is 0.286 e. The molecule has 11 heavy (non-hydrogen) atoms. The third-order valence-corrected chi connectivity index (χ3v) is 1.34. The summed E-state index contributed by atoms with van der Waals surface area (Å²) in [6.07, 6.45) is 0.676. The molecule has 0 spiro atoms. The lowest BCUT2D eigenvalue weighted by molar-refractivity contribution is 0.0627. The first-order chi connectivity index (χ1) is 4.88. The van der Waals surface area contributed by atoms with E-state index < -0.39 is 5.92 Å². The molecule has 0 bridgehead atoms. The van der Waals surface area contributed by atoms with Gasteiger partial charge in [0.15, 0.2) is 0 Å². The predicted molar refractivity (Wildman–Crippen MR) is 43.2 cm³/mol. The van der Waals surface area contributed by atoms with Crippen molar-refractivity contribution in [3.63, 3.8) is 0 Å². The van der Waals surface area contributed by atoms with Crippen molar-refractivity contribution in [2.45, 2.75) is 33.1 Å². The molecule has 0 saturated carbocycles. The molecular weight excluding hydrogens is 148 g/mol. The summed E-state index contributed by atoms with van der Waals surface area (Å²) in [4.78, 5) is 3.64. The molecule has 0 aromatic carbocycles. The minimum absolute atomic E-state index is 0.364. The van der Waals surface area contributed by atoms with Crippen molar-refractivity contribution in [1.82, 2.24) is 0 Å². The van der Waals surface area contributed by atoms with Crippen LogP contribution in [-0.2, 0) is 0 Å². The van der Waals surface area contributed by atoms with Crippen LogP contribution in [0.2, 0.25) is 0 Å². The average molecular weight is 161 g/mol. The van der Waals surface area contributed by atoms with Crippen LogP contribution in [0.15, 0.2) is 17.3 Å². The molecule has 64 valence electrons. The van der Waals surface area contributed by atoms with Gasteiger partial charge < -0.3 is 0 Å². The molecular formula is C8H13F2N. The molecule has 0 amide bonds. The van der Waals surface area contributed by atoms with Gasteiger partial charge in [-0.2, -0.15) is 8.78 Å². The Balaban J connectivity index is 4.30. The minimum atomic E-state index is -2.89. The van der Waals surface area contributed by atoms with Crippen LogP contribution < -0.4 is 0 Å². The van der Waals surface area contributed by atoms with E-state index in [9.17, 15) is 8.78 Å². The molecule has 0 aliphatic rings. The van der Waals surface area contributed by atoms with E-state index in [2.05, 4.69) is 11.6 Å². The lowest BCUT2D eigenvalue weighted by Gasteiger charge is -2.09. The standard InChI is InChI=1S/C8H13F2N/c1-5-6(2)11-7(3)8(4,9)10/h3,5H2,1-2,4H3. The van der Waals surface area contributed by atoms with E-state index in [1.807, 2.05) is 6.92 Å². The van der Waals surface area contributed by atoms with E-state index in [0.29, 0.717) is 12.1 Å². The molecule has 1 nitrogen and oxygen atoms in total. The number of rotatable bonds is 3. The molecule has 0 rings (SSSR count). The first-order valence-corrected chi connectivity index (χ1v) is 3.49. The number of aliphatic imine (C=N–C) groups is 1. The smallest absolute Gasteiger partial charge is 0.257 e. The fraction of sp³-hybridized carbons (Fsp3) is 0.625. The van der Waals surface area contributed by atoms with E-state index >= 15 is 0 Å². The largest absolute Gasteiger partial charge is 0.286 e. The number of halogens is 2. The average Bonchev–Trinajstić information content (AvgIpc) is 1.85. The second-order valence-electron chi connectivity index (χ2n) is 2.54. The maximum absolute atomic E-state index is 12.4. The molecule has 0 unspecified atom stereocenters. The summed E-state index contributed by atoms with van der Waals surface area (Å²) in [6, 6.07) is 0. The third kappa shape index (κ3) is 3.86. The summed E-state index contributed by atoms with van der Waals surface area (Å²) >= 11 is 0. The number of allylic oxidation sites excluding steroid dienone is 1. The highest BCUT2D eigenvalue weighted by Gasteiger charge is 2.25. The molecule has 0 aliphatic heterocycles. The van der Waals surface area contributed by atoms with Gasteiger partial charge in [0.2, 0.25) is 0 Å². The molecule has 0 radical (unpaired) electrons. The highest BCUT2D eigenvalue weighted by molar-refractivity contribution is 5.82. The number of hydrogen-bond acceptors (Lipinski definition) is 1. The van der Waals surface area contributed by atoms with Crippen LogP contribution in [0, 0.1) is 0 Å². The molecule has 3 heteroatoms. The minimum Gasteiger partial charge on any atom is -0.257 e. The van der Waals surface area contributed by atoms with E-state index in [4.69, 9.17) is 0 Å². The van der Waals surface area contributed by atoms with Crippen LogP contribution >= 0.6 is 0 Å². The highest BCUT2D eigenvalue weighted by atomic mass is 19.3. The monoisotopic (exact) mass is 161 g/mol. The van der Waals surface area contributed by atoms with Crippen molar-refractivity contribution in [2.24, 2.45) is 4.99 Å². The van der Waals surface area contributed by atoms with Crippen molar-refractivity contribution in [3.05, 3.63) is 12.3 Å². The second-order valence-corrected chi connectivity index (χ2v) is 2.54. The van der Waals surface area contributed by atoms with Crippen LogP contribution in [0.25, 0.3) is 0 Å². The van der Waals surface area contributed by atoms with Gasteiger partial charge >= 0.3 is 0 Å². The Labute approximate surface area is 65.8 Å². The maximum atomic E-state index is 12.4. The Morgan fingerprint density at radius 1 is 1.55 bits per heavy atom. The number of hydrogen-bond donors (Lipinski definition) is 0. The van der Waals surface area contributed by atoms with Gasteiger partial charge in [0.05, 0.1) is 0 Å². The van der Waals surface area contributed by atoms with E-state index in [0.717, 1.165) is 6.92 Å². The Morgan fingerprint density at radius 2 is 2.00 bits per heavy atom. The molecule has 0 N–H and O–H groups in total. The molecule has 0 aliphatic carbocycles. The van der Waals surface area contributed by atoms with Gasteiger partial charge in [-0.3, -0.25) is 4.99 Å². The van der Waals surface area contributed by atoms with E-state index in [1.54, 1.807) is 6.92 Å². The van der Waals surface area contributed by atoms with Crippen LogP contribution in [-0.4, -0.2) is 11.6 Å². The van der Waals surface area contributed by atoms with Gasteiger partial charge in [0, 0.05) is 12.6 Å². The van der Waals surface area contributed by atoms with E-state index in [1.165, 1.54) is 0 Å². The zero-order valence-corrected chi connectivity index (χ0v) is 7.12. The molecule has 0 heterocycles. The lowest BCUT2D eigenvalue weighted by Crippen LogP contribution is -2.12. The summed E-state index contributed by atoms with van der Waals surface area (Å²) in [5, 5.41) is 0. The zero-order valence-electron chi connectivity index (χ0n) is 7.12. The Morgan fingerprint density at radius 3 is 2.27 bits per heavy atom. The van der Waals surface area contributed by atoms with Gasteiger partial charge in [-0.25, -0.2) is 0 Å². The summed E-state index contributed by atoms with van der Waals surface area (Å²) in [5.74, 6) is -2.89. The Bertz CT molecular complexity index is 177. The normalized spacial score (nSPS) is 13.4. The van der Waals surface area contributed by atoms with Crippen molar-refractivity contribution in [1.29, 1.82) is 0 Å². The van der Waals surface area contributed by atoms with Gasteiger partial charge in [0.25, 0.3) is 5.92 Å². The third-order valence-electron chi connectivity index (χ3n) is 1.34. The van der Waals surface area contributed by atoms with Gasteiger partial charge in [-0.1, -0.05) is 13.5 Å². The van der Waals surface area contributed by atoms with Crippen molar-refractivity contribution in [3.8, 4) is 0 Å². The summed E-state index contributed by atoms with van der Waals surface area (Å²) in [5.41, 5.74) is 0.313.